The summed E-state index contributed by atoms with van der Waals surface area (Å²) < 4.78 is 10.9. The molecule has 3 aromatic rings. The van der Waals surface area contributed by atoms with Crippen LogP contribution < -0.4 is 9.47 Å². The second kappa shape index (κ2) is 14.4. The maximum absolute atomic E-state index is 5.49. The fourth-order valence-electron chi connectivity index (χ4n) is 3.36. The molecule has 178 valence electrons. The Morgan fingerprint density at radius 2 is 1.15 bits per heavy atom. The summed E-state index contributed by atoms with van der Waals surface area (Å²) >= 11 is 0. The number of hydrogen-bond acceptors (Lipinski definition) is 2. The molecule has 0 aliphatic carbocycles. The van der Waals surface area contributed by atoms with Gasteiger partial charge in [0.25, 0.3) is 0 Å². The van der Waals surface area contributed by atoms with Crippen molar-refractivity contribution in [1.29, 1.82) is 0 Å². The van der Waals surface area contributed by atoms with Crippen molar-refractivity contribution in [3.05, 3.63) is 95.6 Å². The van der Waals surface area contributed by atoms with E-state index < -0.39 is 0 Å². The van der Waals surface area contributed by atoms with E-state index in [2.05, 4.69) is 108 Å². The van der Waals surface area contributed by atoms with Crippen LogP contribution >= 0.6 is 0 Å². The first-order chi connectivity index (χ1) is 15.9. The Hall–Kier alpha value is -2.74. The van der Waals surface area contributed by atoms with Gasteiger partial charge in [0.05, 0.1) is 0 Å². The van der Waals surface area contributed by atoms with Gasteiger partial charge in [-0.3, -0.25) is 0 Å². The summed E-state index contributed by atoms with van der Waals surface area (Å²) in [5, 5.41) is 0. The van der Waals surface area contributed by atoms with Crippen LogP contribution in [0.4, 0.5) is 0 Å². The highest BCUT2D eigenvalue weighted by Gasteiger charge is 2.12. The van der Waals surface area contributed by atoms with Crippen LogP contribution in [0, 0.1) is 5.92 Å². The van der Waals surface area contributed by atoms with Crippen molar-refractivity contribution in [2.24, 2.45) is 5.92 Å². The summed E-state index contributed by atoms with van der Waals surface area (Å²) in [7, 11) is 0. The van der Waals surface area contributed by atoms with Gasteiger partial charge >= 0.3 is 0 Å². The molecule has 1 aliphatic rings. The standard InChI is InChI=1S/C11H14O2.C11H16.C9H12/c1-8(2)9-3-4-10-11(7-9)13-6-5-12-10;1-10(2)8-9-11-6-4-3-5-7-11;1-8(2)9-6-4-3-5-7-9/h3-4,7-8H,5-6H2,1-2H3;3-7,10H,8-9H2,1-2H3;3-8H,1-2H3. The maximum Gasteiger partial charge on any atom is 0.161 e. The van der Waals surface area contributed by atoms with Gasteiger partial charge in [-0.05, 0) is 59.4 Å². The van der Waals surface area contributed by atoms with Gasteiger partial charge in [0.15, 0.2) is 11.5 Å². The third-order valence-corrected chi connectivity index (χ3v) is 5.55. The predicted molar refractivity (Wildman–Crippen MR) is 142 cm³/mol. The van der Waals surface area contributed by atoms with Crippen LogP contribution in [0.25, 0.3) is 0 Å². The molecule has 0 amide bonds. The van der Waals surface area contributed by atoms with E-state index in [1.54, 1.807) is 0 Å². The number of rotatable bonds is 5. The third-order valence-electron chi connectivity index (χ3n) is 5.55. The summed E-state index contributed by atoms with van der Waals surface area (Å²) in [5.41, 5.74) is 4.17. The second-order valence-electron chi connectivity index (χ2n) is 9.54. The fraction of sp³-hybridized carbons (Fsp3) is 0.419. The smallest absolute Gasteiger partial charge is 0.161 e. The minimum Gasteiger partial charge on any atom is -0.486 e. The Bertz CT molecular complexity index is 899. The SMILES string of the molecule is CC(C)CCc1ccccc1.CC(C)c1ccc2c(c1)OCCO2.CC(C)c1ccccc1. The van der Waals surface area contributed by atoms with E-state index in [1.165, 1.54) is 29.5 Å². The van der Waals surface area contributed by atoms with Gasteiger partial charge in [-0.15, -0.1) is 0 Å². The minimum atomic E-state index is 0.538. The molecule has 0 N–H and O–H groups in total. The molecule has 0 saturated carbocycles. The van der Waals surface area contributed by atoms with E-state index in [0.717, 1.165) is 17.4 Å². The topological polar surface area (TPSA) is 18.5 Å². The Kier molecular flexibility index (Phi) is 11.6. The normalized spacial score (nSPS) is 12.0. The third kappa shape index (κ3) is 10.2. The average molecular weight is 447 g/mol. The van der Waals surface area contributed by atoms with Gasteiger partial charge in [-0.2, -0.15) is 0 Å². The fourth-order valence-corrected chi connectivity index (χ4v) is 3.36. The zero-order chi connectivity index (χ0) is 24.1. The van der Waals surface area contributed by atoms with Crippen LogP contribution in [0.1, 0.15) is 76.5 Å². The molecular weight excluding hydrogens is 404 g/mol. The lowest BCUT2D eigenvalue weighted by Gasteiger charge is -2.19. The van der Waals surface area contributed by atoms with E-state index in [0.29, 0.717) is 25.0 Å². The highest BCUT2D eigenvalue weighted by Crippen LogP contribution is 2.32. The Labute approximate surface area is 202 Å². The molecule has 0 radical (unpaired) electrons. The van der Waals surface area contributed by atoms with Crippen LogP contribution in [0.3, 0.4) is 0 Å². The van der Waals surface area contributed by atoms with E-state index in [-0.39, 0.29) is 0 Å². The zero-order valence-electron chi connectivity index (χ0n) is 21.4. The highest BCUT2D eigenvalue weighted by molar-refractivity contribution is 5.44. The van der Waals surface area contributed by atoms with E-state index in [9.17, 15) is 0 Å². The summed E-state index contributed by atoms with van der Waals surface area (Å²) in [6, 6.07) is 27.3. The maximum atomic E-state index is 5.49. The van der Waals surface area contributed by atoms with Crippen molar-refractivity contribution >= 4 is 0 Å². The summed E-state index contributed by atoms with van der Waals surface area (Å²) in [6.07, 6.45) is 2.52. The van der Waals surface area contributed by atoms with Gasteiger partial charge in [0.1, 0.15) is 13.2 Å². The number of ether oxygens (including phenoxy) is 2. The number of benzene rings is 3. The Morgan fingerprint density at radius 1 is 0.606 bits per heavy atom. The van der Waals surface area contributed by atoms with E-state index >= 15 is 0 Å². The van der Waals surface area contributed by atoms with Crippen molar-refractivity contribution in [3.8, 4) is 11.5 Å². The van der Waals surface area contributed by atoms with Crippen LogP contribution in [-0.4, -0.2) is 13.2 Å². The molecule has 0 atom stereocenters. The van der Waals surface area contributed by atoms with Crippen molar-refractivity contribution < 1.29 is 9.47 Å². The zero-order valence-corrected chi connectivity index (χ0v) is 21.4. The monoisotopic (exact) mass is 446 g/mol. The van der Waals surface area contributed by atoms with Crippen LogP contribution in [-0.2, 0) is 6.42 Å². The molecule has 0 bridgehead atoms. The molecule has 2 heteroatoms. The number of aryl methyl sites for hydroxylation is 1. The molecule has 2 nitrogen and oxygen atoms in total. The molecular formula is C31H42O2. The van der Waals surface area contributed by atoms with Crippen molar-refractivity contribution in [2.75, 3.05) is 13.2 Å². The van der Waals surface area contributed by atoms with Crippen molar-refractivity contribution in [3.63, 3.8) is 0 Å². The van der Waals surface area contributed by atoms with Gasteiger partial charge in [-0.1, -0.05) is 108 Å². The van der Waals surface area contributed by atoms with Gasteiger partial charge in [0, 0.05) is 0 Å². The first-order valence-corrected chi connectivity index (χ1v) is 12.3. The molecule has 1 heterocycles. The van der Waals surface area contributed by atoms with Gasteiger partial charge < -0.3 is 9.47 Å². The van der Waals surface area contributed by atoms with E-state index in [4.69, 9.17) is 9.47 Å². The minimum absolute atomic E-state index is 0.538. The largest absolute Gasteiger partial charge is 0.486 e. The average Bonchev–Trinajstić information content (AvgIpc) is 2.84. The molecule has 0 fully saturated rings. The lowest BCUT2D eigenvalue weighted by Crippen LogP contribution is -2.15. The molecule has 1 aliphatic heterocycles. The first kappa shape index (κ1) is 26.5. The number of hydrogen-bond donors (Lipinski definition) is 0. The summed E-state index contributed by atoms with van der Waals surface area (Å²) in [4.78, 5) is 0. The quantitative estimate of drug-likeness (QED) is 0.390. The Balaban J connectivity index is 0.000000178. The molecule has 0 spiro atoms. The lowest BCUT2D eigenvalue weighted by atomic mass is 10.0. The molecule has 0 saturated heterocycles. The van der Waals surface area contributed by atoms with Crippen LogP contribution in [0.15, 0.2) is 78.9 Å². The molecule has 33 heavy (non-hydrogen) atoms. The summed E-state index contributed by atoms with van der Waals surface area (Å²) in [6.45, 7) is 14.6. The molecule has 0 unspecified atom stereocenters. The molecule has 0 aromatic heterocycles. The van der Waals surface area contributed by atoms with Gasteiger partial charge in [0.2, 0.25) is 0 Å². The molecule has 4 rings (SSSR count). The van der Waals surface area contributed by atoms with Crippen molar-refractivity contribution in [2.45, 2.75) is 66.2 Å². The van der Waals surface area contributed by atoms with Crippen molar-refractivity contribution in [1.82, 2.24) is 0 Å². The molecule has 3 aromatic carbocycles. The second-order valence-corrected chi connectivity index (χ2v) is 9.54. The first-order valence-electron chi connectivity index (χ1n) is 12.3. The lowest BCUT2D eigenvalue weighted by molar-refractivity contribution is 0.171. The van der Waals surface area contributed by atoms with Gasteiger partial charge in [-0.25, -0.2) is 0 Å². The van der Waals surface area contributed by atoms with Crippen LogP contribution in [0.5, 0.6) is 11.5 Å². The number of fused-ring (bicyclic) bond motifs is 1. The highest BCUT2D eigenvalue weighted by atomic mass is 16.6. The predicted octanol–water partition coefficient (Wildman–Crippen LogP) is 8.67. The van der Waals surface area contributed by atoms with E-state index in [1.807, 2.05) is 12.1 Å². The van der Waals surface area contributed by atoms with Crippen LogP contribution in [0.2, 0.25) is 0 Å². The summed E-state index contributed by atoms with van der Waals surface area (Å²) in [5.74, 6) is 3.77. The Morgan fingerprint density at radius 3 is 1.67 bits per heavy atom.